The molecule has 1 aromatic heterocycles. The van der Waals surface area contributed by atoms with E-state index in [4.69, 9.17) is 0 Å². The maximum atomic E-state index is 11.8. The lowest BCUT2D eigenvalue weighted by Crippen LogP contribution is -2.02. The number of rotatable bonds is 7. The van der Waals surface area contributed by atoms with Gasteiger partial charge in [-0.25, -0.2) is 4.98 Å². The fourth-order valence-corrected chi connectivity index (χ4v) is 2.79. The number of carbonyl (C=O) groups excluding carboxylic acids is 1. The highest BCUT2D eigenvalue weighted by Crippen LogP contribution is 2.22. The van der Waals surface area contributed by atoms with Crippen LogP contribution in [0.3, 0.4) is 0 Å². The number of unbranched alkanes of at least 4 members (excludes halogenated alkanes) is 2. The van der Waals surface area contributed by atoms with Crippen LogP contribution in [0, 0.1) is 0 Å². The van der Waals surface area contributed by atoms with E-state index in [0.29, 0.717) is 18.6 Å². The summed E-state index contributed by atoms with van der Waals surface area (Å²) in [5, 5.41) is 2.96. The number of Topliss-reactive ketones (excluding diaryl/α,β-unsaturated/α-hetero) is 1. The molecule has 0 aliphatic heterocycles. The summed E-state index contributed by atoms with van der Waals surface area (Å²) in [6.07, 6.45) is 4.48. The Morgan fingerprint density at radius 2 is 2.00 bits per heavy atom. The van der Waals surface area contributed by atoms with Gasteiger partial charge in [-0.2, -0.15) is 0 Å². The van der Waals surface area contributed by atoms with Crippen LogP contribution in [0.4, 0.5) is 0 Å². The van der Waals surface area contributed by atoms with E-state index in [2.05, 4.69) is 11.9 Å². The van der Waals surface area contributed by atoms with Crippen LogP contribution in [0.25, 0.3) is 11.3 Å². The molecule has 0 unspecified atom stereocenters. The lowest BCUT2D eigenvalue weighted by atomic mass is 10.1. The van der Waals surface area contributed by atoms with Crippen molar-refractivity contribution in [3.05, 3.63) is 40.7 Å². The molecule has 0 radical (unpaired) electrons. The van der Waals surface area contributed by atoms with E-state index in [9.17, 15) is 4.79 Å². The summed E-state index contributed by atoms with van der Waals surface area (Å²) in [7, 11) is 0. The summed E-state index contributed by atoms with van der Waals surface area (Å²) < 4.78 is 0. The van der Waals surface area contributed by atoms with Gasteiger partial charge in [-0.05, 0) is 6.42 Å². The lowest BCUT2D eigenvalue weighted by molar-refractivity contribution is -0.118. The van der Waals surface area contributed by atoms with Crippen LogP contribution in [0.2, 0.25) is 0 Å². The second-order valence-electron chi connectivity index (χ2n) is 4.67. The summed E-state index contributed by atoms with van der Waals surface area (Å²) in [4.78, 5) is 16.3. The van der Waals surface area contributed by atoms with Crippen molar-refractivity contribution in [3.63, 3.8) is 0 Å². The largest absolute Gasteiger partial charge is 0.299 e. The van der Waals surface area contributed by atoms with Crippen molar-refractivity contribution in [1.29, 1.82) is 0 Å². The molecule has 0 saturated heterocycles. The zero-order valence-electron chi connectivity index (χ0n) is 11.3. The highest BCUT2D eigenvalue weighted by Gasteiger charge is 2.08. The monoisotopic (exact) mass is 273 g/mol. The van der Waals surface area contributed by atoms with Crippen molar-refractivity contribution in [3.8, 4) is 11.3 Å². The Labute approximate surface area is 118 Å². The van der Waals surface area contributed by atoms with Gasteiger partial charge >= 0.3 is 0 Å². The van der Waals surface area contributed by atoms with E-state index in [0.717, 1.165) is 35.5 Å². The molecule has 0 atom stereocenters. The molecule has 0 saturated carbocycles. The van der Waals surface area contributed by atoms with E-state index in [1.54, 1.807) is 11.3 Å². The van der Waals surface area contributed by atoms with Crippen LogP contribution >= 0.6 is 11.3 Å². The first-order chi connectivity index (χ1) is 9.29. The number of carbonyl (C=O) groups is 1. The fourth-order valence-electron chi connectivity index (χ4n) is 1.96. The quantitative estimate of drug-likeness (QED) is 0.695. The fraction of sp³-hybridized carbons (Fsp3) is 0.375. The summed E-state index contributed by atoms with van der Waals surface area (Å²) in [5.41, 5.74) is 2.09. The third-order valence-corrected chi connectivity index (χ3v) is 3.88. The van der Waals surface area contributed by atoms with Crippen LogP contribution in [-0.2, 0) is 11.2 Å². The standard InChI is InChI=1S/C16H19NOS/c1-2-3-5-10-14(18)11-16-17-15(12-19-16)13-8-6-4-7-9-13/h4,6-9,12H,2-3,5,10-11H2,1H3. The molecular formula is C16H19NOS. The summed E-state index contributed by atoms with van der Waals surface area (Å²) in [6.45, 7) is 2.15. The summed E-state index contributed by atoms with van der Waals surface area (Å²) >= 11 is 1.58. The number of hydrogen-bond acceptors (Lipinski definition) is 3. The predicted molar refractivity (Wildman–Crippen MR) is 80.4 cm³/mol. The molecule has 0 N–H and O–H groups in total. The first kappa shape index (κ1) is 13.9. The Morgan fingerprint density at radius 3 is 2.74 bits per heavy atom. The zero-order chi connectivity index (χ0) is 13.5. The van der Waals surface area contributed by atoms with Crippen molar-refractivity contribution >= 4 is 17.1 Å². The number of nitrogens with zero attached hydrogens (tertiary/aromatic N) is 1. The zero-order valence-corrected chi connectivity index (χ0v) is 12.1. The number of benzene rings is 1. The minimum Gasteiger partial charge on any atom is -0.299 e. The van der Waals surface area contributed by atoms with E-state index >= 15 is 0 Å². The van der Waals surface area contributed by atoms with Gasteiger partial charge in [-0.1, -0.05) is 50.1 Å². The smallest absolute Gasteiger partial charge is 0.139 e. The average Bonchev–Trinajstić information content (AvgIpc) is 2.88. The molecule has 2 aromatic rings. The van der Waals surface area contributed by atoms with E-state index in [1.807, 2.05) is 35.7 Å². The van der Waals surface area contributed by atoms with Crippen molar-refractivity contribution in [2.75, 3.05) is 0 Å². The van der Waals surface area contributed by atoms with E-state index < -0.39 is 0 Å². The predicted octanol–water partition coefficient (Wildman–Crippen LogP) is 4.50. The minimum absolute atomic E-state index is 0.308. The van der Waals surface area contributed by atoms with Crippen LogP contribution in [0.1, 0.15) is 37.6 Å². The first-order valence-electron chi connectivity index (χ1n) is 6.81. The van der Waals surface area contributed by atoms with Crippen LogP contribution in [0.15, 0.2) is 35.7 Å². The Bertz CT molecular complexity index is 519. The molecule has 1 aromatic carbocycles. The van der Waals surface area contributed by atoms with Gasteiger partial charge in [0.1, 0.15) is 10.8 Å². The third-order valence-electron chi connectivity index (χ3n) is 3.03. The van der Waals surface area contributed by atoms with Gasteiger partial charge < -0.3 is 0 Å². The first-order valence-corrected chi connectivity index (χ1v) is 7.69. The number of hydrogen-bond donors (Lipinski definition) is 0. The highest BCUT2D eigenvalue weighted by atomic mass is 32.1. The molecule has 0 amide bonds. The Morgan fingerprint density at radius 1 is 1.21 bits per heavy atom. The molecule has 0 bridgehead atoms. The second kappa shape index (κ2) is 7.19. The number of thiazole rings is 1. The molecule has 3 heteroatoms. The van der Waals surface area contributed by atoms with Crippen molar-refractivity contribution in [1.82, 2.24) is 4.98 Å². The van der Waals surface area contributed by atoms with Crippen molar-refractivity contribution in [2.45, 2.75) is 39.0 Å². The van der Waals surface area contributed by atoms with E-state index in [-0.39, 0.29) is 0 Å². The molecule has 100 valence electrons. The molecular weight excluding hydrogens is 254 g/mol. The summed E-state index contributed by atoms with van der Waals surface area (Å²) in [6, 6.07) is 10.1. The van der Waals surface area contributed by atoms with Gasteiger partial charge in [-0.3, -0.25) is 4.79 Å². The van der Waals surface area contributed by atoms with Gasteiger partial charge in [0.15, 0.2) is 0 Å². The summed E-state index contributed by atoms with van der Waals surface area (Å²) in [5.74, 6) is 0.308. The highest BCUT2D eigenvalue weighted by molar-refractivity contribution is 7.10. The second-order valence-corrected chi connectivity index (χ2v) is 5.61. The molecule has 0 aliphatic carbocycles. The van der Waals surface area contributed by atoms with Crippen molar-refractivity contribution in [2.24, 2.45) is 0 Å². The molecule has 1 heterocycles. The molecule has 0 fully saturated rings. The molecule has 2 rings (SSSR count). The van der Waals surface area contributed by atoms with Crippen LogP contribution in [0.5, 0.6) is 0 Å². The maximum Gasteiger partial charge on any atom is 0.139 e. The SMILES string of the molecule is CCCCCC(=O)Cc1nc(-c2ccccc2)cs1. The third kappa shape index (κ3) is 4.28. The molecule has 0 spiro atoms. The van der Waals surface area contributed by atoms with Gasteiger partial charge in [0.05, 0.1) is 12.1 Å². The van der Waals surface area contributed by atoms with Gasteiger partial charge in [0.2, 0.25) is 0 Å². The lowest BCUT2D eigenvalue weighted by Gasteiger charge is -1.98. The number of ketones is 1. The maximum absolute atomic E-state index is 11.8. The van der Waals surface area contributed by atoms with Gasteiger partial charge in [0.25, 0.3) is 0 Å². The molecule has 2 nitrogen and oxygen atoms in total. The Balaban J connectivity index is 1.93. The van der Waals surface area contributed by atoms with Crippen LogP contribution in [-0.4, -0.2) is 10.8 Å². The van der Waals surface area contributed by atoms with Crippen LogP contribution < -0.4 is 0 Å². The van der Waals surface area contributed by atoms with Crippen molar-refractivity contribution < 1.29 is 4.79 Å². The Kier molecular flexibility index (Phi) is 5.28. The van der Waals surface area contributed by atoms with Gasteiger partial charge in [-0.15, -0.1) is 11.3 Å². The average molecular weight is 273 g/mol. The Hall–Kier alpha value is -1.48. The van der Waals surface area contributed by atoms with Gasteiger partial charge in [0, 0.05) is 17.4 Å². The normalized spacial score (nSPS) is 10.6. The molecule has 19 heavy (non-hydrogen) atoms. The minimum atomic E-state index is 0.308. The number of aromatic nitrogens is 1. The topological polar surface area (TPSA) is 30.0 Å². The molecule has 0 aliphatic rings. The van der Waals surface area contributed by atoms with E-state index in [1.165, 1.54) is 0 Å².